The van der Waals surface area contributed by atoms with Gasteiger partial charge in [0, 0.05) is 6.04 Å². The molecule has 2 N–H and O–H groups in total. The van der Waals surface area contributed by atoms with Crippen LogP contribution in [0.3, 0.4) is 0 Å². The van der Waals surface area contributed by atoms with Crippen molar-refractivity contribution in [3.63, 3.8) is 0 Å². The number of rotatable bonds is 6. The molecule has 0 spiro atoms. The van der Waals surface area contributed by atoms with Crippen LogP contribution in [0.5, 0.6) is 11.5 Å². The third kappa shape index (κ3) is 3.73. The summed E-state index contributed by atoms with van der Waals surface area (Å²) >= 11 is 0. The van der Waals surface area contributed by atoms with Gasteiger partial charge in [0.25, 0.3) is 0 Å². The summed E-state index contributed by atoms with van der Waals surface area (Å²) in [6, 6.07) is 5.89. The number of terminal acetylenes is 1. The Bertz CT molecular complexity index is 538. The van der Waals surface area contributed by atoms with Gasteiger partial charge in [0.1, 0.15) is 5.60 Å². The zero-order valence-electron chi connectivity index (χ0n) is 13.4. The third-order valence-corrected chi connectivity index (χ3v) is 4.38. The van der Waals surface area contributed by atoms with Gasteiger partial charge in [-0.15, -0.1) is 6.42 Å². The highest BCUT2D eigenvalue weighted by atomic mass is 16.5. The molecule has 0 amide bonds. The van der Waals surface area contributed by atoms with E-state index in [2.05, 4.69) is 11.2 Å². The summed E-state index contributed by atoms with van der Waals surface area (Å²) in [7, 11) is 3.26. The molecule has 0 saturated heterocycles. The molecule has 4 heteroatoms. The van der Waals surface area contributed by atoms with Crippen LogP contribution in [0.4, 0.5) is 0 Å². The highest BCUT2D eigenvalue weighted by molar-refractivity contribution is 5.42. The first-order valence-corrected chi connectivity index (χ1v) is 7.77. The lowest BCUT2D eigenvalue weighted by Gasteiger charge is -2.36. The maximum Gasteiger partial charge on any atom is 0.160 e. The number of aliphatic hydroxyl groups is 1. The van der Waals surface area contributed by atoms with Crippen molar-refractivity contribution in [3.8, 4) is 23.8 Å². The molecule has 1 aromatic carbocycles. The predicted octanol–water partition coefficient (Wildman–Crippen LogP) is 2.14. The normalized spacial score (nSPS) is 24.5. The Morgan fingerprint density at radius 2 is 2.09 bits per heavy atom. The van der Waals surface area contributed by atoms with E-state index in [1.54, 1.807) is 14.2 Å². The Hall–Kier alpha value is -1.70. The summed E-state index contributed by atoms with van der Waals surface area (Å²) in [5, 5.41) is 13.9. The highest BCUT2D eigenvalue weighted by Gasteiger charge is 2.36. The van der Waals surface area contributed by atoms with Gasteiger partial charge in [-0.2, -0.15) is 0 Å². The molecule has 0 radical (unpaired) electrons. The van der Waals surface area contributed by atoms with Crippen molar-refractivity contribution in [1.82, 2.24) is 5.32 Å². The minimum atomic E-state index is -1.00. The largest absolute Gasteiger partial charge is 0.493 e. The van der Waals surface area contributed by atoms with Gasteiger partial charge in [-0.3, -0.25) is 0 Å². The summed E-state index contributed by atoms with van der Waals surface area (Å²) in [6.45, 7) is 0.768. The Labute approximate surface area is 132 Å². The number of methoxy groups -OCH3 is 2. The smallest absolute Gasteiger partial charge is 0.160 e. The maximum absolute atomic E-state index is 10.5. The van der Waals surface area contributed by atoms with Crippen LogP contribution in [0.2, 0.25) is 0 Å². The van der Waals surface area contributed by atoms with E-state index < -0.39 is 5.60 Å². The Balaban J connectivity index is 1.92. The van der Waals surface area contributed by atoms with Gasteiger partial charge in [0.2, 0.25) is 0 Å². The van der Waals surface area contributed by atoms with Crippen molar-refractivity contribution in [2.75, 3.05) is 20.8 Å². The van der Waals surface area contributed by atoms with E-state index in [9.17, 15) is 5.11 Å². The van der Waals surface area contributed by atoms with Gasteiger partial charge in [-0.1, -0.05) is 18.4 Å². The van der Waals surface area contributed by atoms with Crippen molar-refractivity contribution in [2.45, 2.75) is 43.7 Å². The van der Waals surface area contributed by atoms with Gasteiger partial charge < -0.3 is 19.9 Å². The maximum atomic E-state index is 10.5. The number of hydrogen-bond donors (Lipinski definition) is 2. The van der Waals surface area contributed by atoms with Gasteiger partial charge >= 0.3 is 0 Å². The topological polar surface area (TPSA) is 50.7 Å². The number of nitrogens with one attached hydrogen (secondary N) is 1. The van der Waals surface area contributed by atoms with Crippen molar-refractivity contribution in [1.29, 1.82) is 0 Å². The zero-order valence-corrected chi connectivity index (χ0v) is 13.4. The summed E-state index contributed by atoms with van der Waals surface area (Å²) in [5.74, 6) is 4.03. The molecule has 0 bridgehead atoms. The van der Waals surface area contributed by atoms with E-state index in [4.69, 9.17) is 15.9 Å². The molecule has 0 aliphatic heterocycles. The molecule has 22 heavy (non-hydrogen) atoms. The molecule has 1 saturated carbocycles. The lowest BCUT2D eigenvalue weighted by atomic mass is 9.81. The molecule has 0 aromatic heterocycles. The highest BCUT2D eigenvalue weighted by Crippen LogP contribution is 2.29. The predicted molar refractivity (Wildman–Crippen MR) is 87.3 cm³/mol. The molecule has 0 heterocycles. The molecule has 0 unspecified atom stereocenters. The van der Waals surface area contributed by atoms with Crippen LogP contribution in [0.15, 0.2) is 18.2 Å². The van der Waals surface area contributed by atoms with E-state index in [1.807, 2.05) is 18.2 Å². The molecular weight excluding hydrogens is 278 g/mol. The first-order chi connectivity index (χ1) is 10.6. The molecule has 1 aliphatic carbocycles. The van der Waals surface area contributed by atoms with Crippen LogP contribution >= 0.6 is 0 Å². The van der Waals surface area contributed by atoms with E-state index in [0.29, 0.717) is 6.42 Å². The summed E-state index contributed by atoms with van der Waals surface area (Å²) in [5.41, 5.74) is 0.153. The van der Waals surface area contributed by atoms with Gasteiger partial charge in [-0.25, -0.2) is 0 Å². The number of ether oxygens (including phenoxy) is 2. The van der Waals surface area contributed by atoms with Gasteiger partial charge in [-0.05, 0) is 49.9 Å². The molecule has 1 fully saturated rings. The molecule has 2 atom stereocenters. The van der Waals surface area contributed by atoms with E-state index in [1.165, 1.54) is 0 Å². The third-order valence-electron chi connectivity index (χ3n) is 4.38. The van der Waals surface area contributed by atoms with Crippen LogP contribution in [0.25, 0.3) is 0 Å². The van der Waals surface area contributed by atoms with Gasteiger partial charge in [0.15, 0.2) is 11.5 Å². The molecule has 2 rings (SSSR count). The SMILES string of the molecule is C#C[C@]1(O)CCCC[C@H]1NCCc1ccc(OC)c(OC)c1. The first-order valence-electron chi connectivity index (χ1n) is 7.77. The number of benzene rings is 1. The summed E-state index contributed by atoms with van der Waals surface area (Å²) in [4.78, 5) is 0. The van der Waals surface area contributed by atoms with Crippen LogP contribution < -0.4 is 14.8 Å². The molecule has 1 aliphatic rings. The van der Waals surface area contributed by atoms with Crippen molar-refractivity contribution >= 4 is 0 Å². The Morgan fingerprint density at radius 1 is 1.32 bits per heavy atom. The Kier molecular flexibility index (Phi) is 5.70. The fraction of sp³-hybridized carbons (Fsp3) is 0.556. The lowest BCUT2D eigenvalue weighted by Crippen LogP contribution is -2.52. The minimum absolute atomic E-state index is 0.0219. The van der Waals surface area contributed by atoms with Crippen molar-refractivity contribution in [3.05, 3.63) is 23.8 Å². The van der Waals surface area contributed by atoms with Crippen LogP contribution in [0, 0.1) is 12.3 Å². The molecule has 1 aromatic rings. The second-order valence-corrected chi connectivity index (χ2v) is 5.76. The van der Waals surface area contributed by atoms with Crippen molar-refractivity contribution < 1.29 is 14.6 Å². The fourth-order valence-corrected chi connectivity index (χ4v) is 3.03. The van der Waals surface area contributed by atoms with E-state index >= 15 is 0 Å². The lowest BCUT2D eigenvalue weighted by molar-refractivity contribution is 0.0265. The van der Waals surface area contributed by atoms with Crippen molar-refractivity contribution in [2.24, 2.45) is 0 Å². The standard InChI is InChI=1S/C18H25NO3/c1-4-18(20)11-6-5-7-17(18)19-12-10-14-8-9-15(21-2)16(13-14)22-3/h1,8-9,13,17,19-20H,5-7,10-12H2,2-3H3/t17-,18+/m1/s1. The second kappa shape index (κ2) is 7.53. The summed E-state index contributed by atoms with van der Waals surface area (Å²) < 4.78 is 10.5. The van der Waals surface area contributed by atoms with Crippen LogP contribution in [0.1, 0.15) is 31.2 Å². The van der Waals surface area contributed by atoms with E-state index in [-0.39, 0.29) is 6.04 Å². The zero-order chi connectivity index (χ0) is 16.0. The number of hydrogen-bond acceptors (Lipinski definition) is 4. The average molecular weight is 303 g/mol. The first kappa shape index (κ1) is 16.7. The quantitative estimate of drug-likeness (QED) is 0.791. The monoisotopic (exact) mass is 303 g/mol. The Morgan fingerprint density at radius 3 is 2.77 bits per heavy atom. The van der Waals surface area contributed by atoms with E-state index in [0.717, 1.165) is 49.3 Å². The van der Waals surface area contributed by atoms with Gasteiger partial charge in [0.05, 0.1) is 14.2 Å². The molecular formula is C18H25NO3. The second-order valence-electron chi connectivity index (χ2n) is 5.76. The minimum Gasteiger partial charge on any atom is -0.493 e. The van der Waals surface area contributed by atoms with Crippen LogP contribution in [-0.2, 0) is 6.42 Å². The molecule has 120 valence electrons. The average Bonchev–Trinajstić information content (AvgIpc) is 2.56. The van der Waals surface area contributed by atoms with Crippen LogP contribution in [-0.4, -0.2) is 37.5 Å². The summed E-state index contributed by atoms with van der Waals surface area (Å²) in [6.07, 6.45) is 10.1. The fourth-order valence-electron chi connectivity index (χ4n) is 3.03. The molecule has 4 nitrogen and oxygen atoms in total.